The zero-order chi connectivity index (χ0) is 23.7. The number of rotatable bonds is 6. The number of nitrogens with zero attached hydrogens (tertiary/aromatic N) is 4. The van der Waals surface area contributed by atoms with E-state index in [1.54, 1.807) is 13.0 Å². The second-order valence-corrected chi connectivity index (χ2v) is 7.33. The molecule has 170 valence electrons. The molecule has 4 rings (SSSR count). The van der Waals surface area contributed by atoms with Crippen molar-refractivity contribution in [2.24, 2.45) is 0 Å². The summed E-state index contributed by atoms with van der Waals surface area (Å²) in [6, 6.07) is 9.92. The van der Waals surface area contributed by atoms with E-state index >= 15 is 0 Å². The van der Waals surface area contributed by atoms with Crippen LogP contribution in [0.2, 0.25) is 0 Å². The monoisotopic (exact) mass is 454 g/mol. The second-order valence-electron chi connectivity index (χ2n) is 7.33. The van der Waals surface area contributed by atoms with Gasteiger partial charge in [-0.25, -0.2) is 27.9 Å². The first-order valence-electron chi connectivity index (χ1n) is 10.2. The number of carbonyl (C=O) groups is 1. The van der Waals surface area contributed by atoms with Crippen LogP contribution in [0.25, 0.3) is 16.9 Å². The Labute approximate surface area is 186 Å². The highest BCUT2D eigenvalue weighted by Gasteiger charge is 2.25. The lowest BCUT2D eigenvalue weighted by Gasteiger charge is -2.15. The van der Waals surface area contributed by atoms with Gasteiger partial charge in [0.15, 0.2) is 11.2 Å². The maximum absolute atomic E-state index is 14.3. The average molecular weight is 454 g/mol. The summed E-state index contributed by atoms with van der Waals surface area (Å²) in [5.74, 6) is -1.67. The van der Waals surface area contributed by atoms with Crippen LogP contribution in [0.3, 0.4) is 0 Å². The highest BCUT2D eigenvalue weighted by molar-refractivity contribution is 5.79. The van der Waals surface area contributed by atoms with Crippen LogP contribution in [-0.2, 0) is 16.1 Å². The van der Waals surface area contributed by atoms with E-state index in [4.69, 9.17) is 4.74 Å². The smallest absolute Gasteiger partial charge is 0.337 e. The Morgan fingerprint density at radius 3 is 2.45 bits per heavy atom. The molecule has 0 amide bonds. The summed E-state index contributed by atoms with van der Waals surface area (Å²) in [6.45, 7) is 2.99. The Morgan fingerprint density at radius 2 is 1.79 bits per heavy atom. The molecule has 1 atom stereocenters. The Morgan fingerprint density at radius 1 is 1.09 bits per heavy atom. The molecular formula is C23H20F2N4O4. The largest absolute Gasteiger partial charge is 0.464 e. The molecule has 0 aliphatic carbocycles. The van der Waals surface area contributed by atoms with Crippen LogP contribution >= 0.6 is 0 Å². The number of aromatic nitrogens is 4. The topological polar surface area (TPSA) is 88.1 Å². The van der Waals surface area contributed by atoms with E-state index < -0.39 is 34.9 Å². The minimum Gasteiger partial charge on any atom is -0.464 e. The molecular weight excluding hydrogens is 434 g/mol. The van der Waals surface area contributed by atoms with Crippen LogP contribution in [-0.4, -0.2) is 31.3 Å². The molecule has 33 heavy (non-hydrogen) atoms. The predicted molar refractivity (Wildman–Crippen MR) is 116 cm³/mol. The van der Waals surface area contributed by atoms with Gasteiger partial charge in [0.05, 0.1) is 25.2 Å². The van der Waals surface area contributed by atoms with Crippen molar-refractivity contribution in [3.63, 3.8) is 0 Å². The normalized spacial score (nSPS) is 12.1. The molecule has 0 aliphatic rings. The van der Waals surface area contributed by atoms with E-state index in [0.29, 0.717) is 0 Å². The van der Waals surface area contributed by atoms with Gasteiger partial charge in [0.25, 0.3) is 5.56 Å². The Hall–Kier alpha value is -4.08. The third kappa shape index (κ3) is 3.95. The molecule has 2 aromatic heterocycles. The second kappa shape index (κ2) is 8.81. The zero-order valence-corrected chi connectivity index (χ0v) is 17.9. The SMILES string of the molecule is CCOC(=O)C(C)n1cnc2c1c(=O)n(Cc1ccccc1F)c(=O)n2-c1ccc(F)cc1. The number of benzene rings is 2. The first-order valence-corrected chi connectivity index (χ1v) is 10.2. The van der Waals surface area contributed by atoms with Crippen molar-refractivity contribution in [1.82, 2.24) is 18.7 Å². The molecule has 0 N–H and O–H groups in total. The number of esters is 1. The van der Waals surface area contributed by atoms with Crippen molar-refractivity contribution in [2.75, 3.05) is 6.61 Å². The van der Waals surface area contributed by atoms with Gasteiger partial charge >= 0.3 is 11.7 Å². The number of hydrogen-bond acceptors (Lipinski definition) is 5. The quantitative estimate of drug-likeness (QED) is 0.418. The van der Waals surface area contributed by atoms with Gasteiger partial charge in [-0.3, -0.25) is 9.36 Å². The highest BCUT2D eigenvalue weighted by Crippen LogP contribution is 2.18. The van der Waals surface area contributed by atoms with Gasteiger partial charge in [0.2, 0.25) is 0 Å². The summed E-state index contributed by atoms with van der Waals surface area (Å²) in [5, 5.41) is 0. The first kappa shape index (κ1) is 22.1. The molecule has 0 radical (unpaired) electrons. The van der Waals surface area contributed by atoms with Gasteiger partial charge in [-0.2, -0.15) is 0 Å². The van der Waals surface area contributed by atoms with Gasteiger partial charge in [-0.05, 0) is 44.2 Å². The summed E-state index contributed by atoms with van der Waals surface area (Å²) < 4.78 is 36.2. The molecule has 0 aliphatic heterocycles. The fourth-order valence-electron chi connectivity index (χ4n) is 3.58. The van der Waals surface area contributed by atoms with Crippen molar-refractivity contribution < 1.29 is 18.3 Å². The maximum atomic E-state index is 14.3. The predicted octanol–water partition coefficient (Wildman–Crippen LogP) is 2.80. The van der Waals surface area contributed by atoms with E-state index in [2.05, 4.69) is 4.98 Å². The Balaban J connectivity index is 2.02. The number of imidazole rings is 1. The lowest BCUT2D eigenvalue weighted by Crippen LogP contribution is -2.40. The van der Waals surface area contributed by atoms with E-state index in [-0.39, 0.29) is 35.6 Å². The van der Waals surface area contributed by atoms with Crippen molar-refractivity contribution in [3.8, 4) is 5.69 Å². The highest BCUT2D eigenvalue weighted by atomic mass is 19.1. The summed E-state index contributed by atoms with van der Waals surface area (Å²) in [7, 11) is 0. The van der Waals surface area contributed by atoms with Crippen molar-refractivity contribution in [3.05, 3.63) is 92.9 Å². The third-order valence-electron chi connectivity index (χ3n) is 5.27. The number of halogens is 2. The molecule has 1 unspecified atom stereocenters. The number of hydrogen-bond donors (Lipinski definition) is 0. The molecule has 2 aromatic carbocycles. The van der Waals surface area contributed by atoms with Crippen LogP contribution in [0.4, 0.5) is 8.78 Å². The minimum atomic E-state index is -0.913. The summed E-state index contributed by atoms with van der Waals surface area (Å²) in [6.07, 6.45) is 1.26. The van der Waals surface area contributed by atoms with Crippen LogP contribution in [0, 0.1) is 11.6 Å². The van der Waals surface area contributed by atoms with Gasteiger partial charge < -0.3 is 9.30 Å². The van der Waals surface area contributed by atoms with Crippen molar-refractivity contribution in [1.29, 1.82) is 0 Å². The van der Waals surface area contributed by atoms with Crippen LogP contribution in [0.5, 0.6) is 0 Å². The first-order chi connectivity index (χ1) is 15.8. The van der Waals surface area contributed by atoms with Gasteiger partial charge in [-0.15, -0.1) is 0 Å². The van der Waals surface area contributed by atoms with E-state index in [0.717, 1.165) is 21.3 Å². The summed E-state index contributed by atoms with van der Waals surface area (Å²) in [5.41, 5.74) is -1.20. The Bertz CT molecular complexity index is 1450. The number of carbonyl (C=O) groups excluding carboxylic acids is 1. The third-order valence-corrected chi connectivity index (χ3v) is 5.27. The molecule has 0 spiro atoms. The number of ether oxygens (including phenoxy) is 1. The summed E-state index contributed by atoms with van der Waals surface area (Å²) in [4.78, 5) is 43.4. The zero-order valence-electron chi connectivity index (χ0n) is 17.9. The van der Waals surface area contributed by atoms with Crippen molar-refractivity contribution >= 4 is 17.1 Å². The average Bonchev–Trinajstić information content (AvgIpc) is 3.23. The molecule has 2 heterocycles. The standard InChI is InChI=1S/C23H20F2N4O4/c1-3-33-22(31)14(2)28-13-26-20-19(28)21(30)27(12-15-6-4-5-7-18(15)25)23(32)29(20)17-10-8-16(24)9-11-17/h4-11,13-14H,3,12H2,1-2H3. The van der Waals surface area contributed by atoms with E-state index in [9.17, 15) is 23.2 Å². The molecule has 0 saturated carbocycles. The lowest BCUT2D eigenvalue weighted by molar-refractivity contribution is -0.146. The fraction of sp³-hybridized carbons (Fsp3) is 0.217. The van der Waals surface area contributed by atoms with E-state index in [1.807, 2.05) is 0 Å². The van der Waals surface area contributed by atoms with Gasteiger partial charge in [-0.1, -0.05) is 18.2 Å². The van der Waals surface area contributed by atoms with Crippen LogP contribution in [0.15, 0.2) is 64.4 Å². The van der Waals surface area contributed by atoms with Gasteiger partial charge in [0, 0.05) is 5.56 Å². The van der Waals surface area contributed by atoms with E-state index in [1.165, 1.54) is 48.1 Å². The van der Waals surface area contributed by atoms with Gasteiger partial charge in [0.1, 0.15) is 17.7 Å². The molecule has 4 aromatic rings. The molecule has 10 heteroatoms. The Kier molecular flexibility index (Phi) is 5.91. The lowest BCUT2D eigenvalue weighted by atomic mass is 10.2. The van der Waals surface area contributed by atoms with Crippen LogP contribution < -0.4 is 11.2 Å². The van der Waals surface area contributed by atoms with Crippen molar-refractivity contribution in [2.45, 2.75) is 26.4 Å². The molecule has 0 saturated heterocycles. The number of fused-ring (bicyclic) bond motifs is 1. The minimum absolute atomic E-state index is 0.0162. The van der Waals surface area contributed by atoms with Crippen LogP contribution in [0.1, 0.15) is 25.5 Å². The maximum Gasteiger partial charge on any atom is 0.337 e. The molecule has 8 nitrogen and oxygen atoms in total. The molecule has 0 bridgehead atoms. The molecule has 0 fully saturated rings. The summed E-state index contributed by atoms with van der Waals surface area (Å²) >= 11 is 0. The fourth-order valence-corrected chi connectivity index (χ4v) is 3.58.